The Morgan fingerprint density at radius 2 is 2.15 bits per heavy atom. The van der Waals surface area contributed by atoms with Gasteiger partial charge in [0.15, 0.2) is 5.84 Å². The van der Waals surface area contributed by atoms with Crippen LogP contribution in [0.4, 0.5) is 11.4 Å². The number of nitrogens with zero attached hydrogens (tertiary/aromatic N) is 3. The van der Waals surface area contributed by atoms with E-state index in [0.717, 1.165) is 5.56 Å². The highest BCUT2D eigenvalue weighted by Gasteiger charge is 2.13. The molecule has 0 saturated heterocycles. The average Bonchev–Trinajstić information content (AvgIpc) is 2.57. The lowest BCUT2D eigenvalue weighted by atomic mass is 10.2. The van der Waals surface area contributed by atoms with Crippen molar-refractivity contribution < 1.29 is 9.66 Å². The largest absolute Gasteiger partial charge is 0.457 e. The second-order valence-electron chi connectivity index (χ2n) is 5.08. The van der Waals surface area contributed by atoms with Crippen molar-refractivity contribution in [1.29, 1.82) is 10.7 Å². The summed E-state index contributed by atoms with van der Waals surface area (Å²) in [4.78, 5) is 10.5. The fraction of sp³-hybridized carbons (Fsp3) is 0.0625. The third-order valence-electron chi connectivity index (χ3n) is 3.12. The van der Waals surface area contributed by atoms with Crippen LogP contribution < -0.4 is 15.9 Å². The van der Waals surface area contributed by atoms with Gasteiger partial charge in [0, 0.05) is 17.2 Å². The van der Waals surface area contributed by atoms with Crippen LogP contribution in [-0.4, -0.2) is 16.5 Å². The summed E-state index contributed by atoms with van der Waals surface area (Å²) in [5, 5.41) is 31.4. The zero-order valence-electron chi connectivity index (χ0n) is 13.5. The van der Waals surface area contributed by atoms with E-state index in [1.54, 1.807) is 31.2 Å². The first-order valence-electron chi connectivity index (χ1n) is 7.12. The molecule has 10 heteroatoms. The normalized spacial score (nSPS) is 10.7. The minimum absolute atomic E-state index is 0.184. The molecule has 0 saturated carbocycles. The van der Waals surface area contributed by atoms with Gasteiger partial charge in [-0.3, -0.25) is 20.9 Å². The van der Waals surface area contributed by atoms with Gasteiger partial charge in [-0.1, -0.05) is 11.6 Å². The fourth-order valence-corrected chi connectivity index (χ4v) is 2.16. The van der Waals surface area contributed by atoms with E-state index in [1.165, 1.54) is 18.2 Å². The molecule has 0 aliphatic heterocycles. The first-order valence-corrected chi connectivity index (χ1v) is 7.49. The minimum Gasteiger partial charge on any atom is -0.457 e. The van der Waals surface area contributed by atoms with Crippen molar-refractivity contribution in [3.63, 3.8) is 0 Å². The van der Waals surface area contributed by atoms with Crippen LogP contribution >= 0.6 is 11.6 Å². The summed E-state index contributed by atoms with van der Waals surface area (Å²) in [5.41, 5.74) is 8.00. The highest BCUT2D eigenvalue weighted by atomic mass is 35.5. The lowest BCUT2D eigenvalue weighted by molar-refractivity contribution is -0.384. The van der Waals surface area contributed by atoms with Crippen LogP contribution in [0.3, 0.4) is 0 Å². The zero-order chi connectivity index (χ0) is 19.3. The van der Waals surface area contributed by atoms with Gasteiger partial charge in [0.1, 0.15) is 17.6 Å². The smallest absolute Gasteiger partial charge is 0.275 e. The first kappa shape index (κ1) is 18.7. The quantitative estimate of drug-likeness (QED) is 0.305. The molecule has 0 aromatic heterocycles. The van der Waals surface area contributed by atoms with E-state index < -0.39 is 10.8 Å². The van der Waals surface area contributed by atoms with Gasteiger partial charge >= 0.3 is 0 Å². The third-order valence-corrected chi connectivity index (χ3v) is 3.36. The van der Waals surface area contributed by atoms with Crippen molar-refractivity contribution >= 4 is 34.5 Å². The number of hydrogen-bond acceptors (Lipinski definition) is 7. The molecule has 2 rings (SSSR count). The van der Waals surface area contributed by atoms with Gasteiger partial charge in [0.25, 0.3) is 5.69 Å². The zero-order valence-corrected chi connectivity index (χ0v) is 14.2. The molecule has 2 aromatic rings. The number of nitro groups is 1. The number of anilines is 1. The number of aryl methyl sites for hydroxylation is 1. The number of non-ortho nitro benzene ring substituents is 1. The van der Waals surface area contributed by atoms with E-state index >= 15 is 0 Å². The standard InChI is InChI=1S/C16H13ClN6O3/c1-9-4-10(17)2-3-15(9)26-13-6-11(5-12(7-13)23(24)25)21-22-14(8-18)16(19)20/h2-7,21H,1H3,(H3,19,20)/b22-14+. The van der Waals surface area contributed by atoms with Crippen LogP contribution in [0.5, 0.6) is 11.5 Å². The monoisotopic (exact) mass is 372 g/mol. The lowest BCUT2D eigenvalue weighted by Crippen LogP contribution is -2.21. The number of ether oxygens (including phenoxy) is 1. The molecule has 0 unspecified atom stereocenters. The minimum atomic E-state index is -0.591. The third kappa shape index (κ3) is 4.68. The van der Waals surface area contributed by atoms with Crippen LogP contribution in [-0.2, 0) is 0 Å². The lowest BCUT2D eigenvalue weighted by Gasteiger charge is -2.10. The molecule has 0 amide bonds. The number of nitro benzene ring substituents is 1. The molecule has 0 aliphatic rings. The Labute approximate surface area is 153 Å². The maximum atomic E-state index is 11.1. The number of nitriles is 1. The van der Waals surface area contributed by atoms with Crippen molar-refractivity contribution in [1.82, 2.24) is 0 Å². The number of nitrogens with two attached hydrogens (primary N) is 1. The summed E-state index contributed by atoms with van der Waals surface area (Å²) in [6, 6.07) is 10.5. The Hall–Kier alpha value is -3.64. The number of amidine groups is 1. The summed E-state index contributed by atoms with van der Waals surface area (Å²) in [6.07, 6.45) is 0. The van der Waals surface area contributed by atoms with Crippen LogP contribution in [0.1, 0.15) is 5.56 Å². The summed E-state index contributed by atoms with van der Waals surface area (Å²) in [6.45, 7) is 1.79. The molecule has 0 fully saturated rings. The summed E-state index contributed by atoms with van der Waals surface area (Å²) in [7, 11) is 0. The molecule has 9 nitrogen and oxygen atoms in total. The first-order chi connectivity index (χ1) is 12.3. The number of nitrogens with one attached hydrogen (secondary N) is 2. The molecular formula is C16H13ClN6O3. The van der Waals surface area contributed by atoms with Crippen LogP contribution in [0.25, 0.3) is 0 Å². The number of hydrazone groups is 1. The number of benzene rings is 2. The maximum Gasteiger partial charge on any atom is 0.275 e. The van der Waals surface area contributed by atoms with Gasteiger partial charge in [-0.05, 0) is 30.7 Å². The van der Waals surface area contributed by atoms with Gasteiger partial charge in [0.2, 0.25) is 5.71 Å². The molecule has 0 heterocycles. The molecule has 2 aromatic carbocycles. The fourth-order valence-electron chi connectivity index (χ4n) is 1.93. The number of hydrogen-bond donors (Lipinski definition) is 3. The Balaban J connectivity index is 2.38. The van der Waals surface area contributed by atoms with Gasteiger partial charge < -0.3 is 10.5 Å². The maximum absolute atomic E-state index is 11.1. The van der Waals surface area contributed by atoms with Crippen molar-refractivity contribution in [2.45, 2.75) is 6.92 Å². The van der Waals surface area contributed by atoms with Crippen molar-refractivity contribution in [2.75, 3.05) is 5.43 Å². The van der Waals surface area contributed by atoms with E-state index in [2.05, 4.69) is 10.5 Å². The molecule has 26 heavy (non-hydrogen) atoms. The number of rotatable bonds is 6. The van der Waals surface area contributed by atoms with Crippen molar-refractivity contribution in [3.8, 4) is 17.6 Å². The SMILES string of the molecule is Cc1cc(Cl)ccc1Oc1cc(N/N=C(\C#N)C(=N)N)cc([N+](=O)[O-])c1. The van der Waals surface area contributed by atoms with E-state index in [-0.39, 0.29) is 22.8 Å². The summed E-state index contributed by atoms with van der Waals surface area (Å²) in [5.74, 6) is 0.133. The van der Waals surface area contributed by atoms with Gasteiger partial charge in [-0.25, -0.2) is 0 Å². The molecule has 0 aliphatic carbocycles. The average molecular weight is 373 g/mol. The second kappa shape index (κ2) is 7.96. The summed E-state index contributed by atoms with van der Waals surface area (Å²) >= 11 is 5.90. The van der Waals surface area contributed by atoms with Crippen LogP contribution in [0, 0.1) is 33.8 Å². The summed E-state index contributed by atoms with van der Waals surface area (Å²) < 4.78 is 5.69. The molecule has 0 atom stereocenters. The van der Waals surface area contributed by atoms with E-state index in [0.29, 0.717) is 10.8 Å². The Bertz CT molecular complexity index is 951. The molecule has 0 bridgehead atoms. The van der Waals surface area contributed by atoms with Gasteiger partial charge in [0.05, 0.1) is 16.7 Å². The van der Waals surface area contributed by atoms with E-state index in [9.17, 15) is 10.1 Å². The Morgan fingerprint density at radius 3 is 2.73 bits per heavy atom. The topological polar surface area (TPSA) is 150 Å². The Kier molecular flexibility index (Phi) is 5.72. The van der Waals surface area contributed by atoms with Gasteiger partial charge in [-0.15, -0.1) is 0 Å². The number of halogens is 1. The predicted molar refractivity (Wildman–Crippen MR) is 97.9 cm³/mol. The van der Waals surface area contributed by atoms with Crippen molar-refractivity contribution in [3.05, 3.63) is 57.1 Å². The molecule has 4 N–H and O–H groups in total. The molecule has 0 radical (unpaired) electrons. The highest BCUT2D eigenvalue weighted by molar-refractivity contribution is 6.45. The predicted octanol–water partition coefficient (Wildman–Crippen LogP) is 3.58. The molecular weight excluding hydrogens is 360 g/mol. The van der Waals surface area contributed by atoms with E-state index in [1.807, 2.05) is 0 Å². The van der Waals surface area contributed by atoms with E-state index in [4.69, 9.17) is 32.7 Å². The second-order valence-corrected chi connectivity index (χ2v) is 5.52. The van der Waals surface area contributed by atoms with Crippen LogP contribution in [0.15, 0.2) is 41.5 Å². The van der Waals surface area contributed by atoms with Crippen molar-refractivity contribution in [2.24, 2.45) is 10.8 Å². The van der Waals surface area contributed by atoms with Crippen LogP contribution in [0.2, 0.25) is 5.02 Å². The Morgan fingerprint density at radius 1 is 1.42 bits per heavy atom. The highest BCUT2D eigenvalue weighted by Crippen LogP contribution is 2.32. The van der Waals surface area contributed by atoms with Gasteiger partial charge in [-0.2, -0.15) is 10.4 Å². The molecule has 132 valence electrons. The molecule has 0 spiro atoms.